The van der Waals surface area contributed by atoms with Gasteiger partial charge in [-0.3, -0.25) is 4.79 Å². The van der Waals surface area contributed by atoms with E-state index >= 15 is 0 Å². The highest BCUT2D eigenvalue weighted by Crippen LogP contribution is 2.27. The average molecular weight is 454 g/mol. The minimum Gasteiger partial charge on any atom is -0.355 e. The van der Waals surface area contributed by atoms with Crippen LogP contribution in [-0.2, 0) is 27.8 Å². The molecule has 1 N–H and O–H groups in total. The maximum atomic E-state index is 13.3. The van der Waals surface area contributed by atoms with Gasteiger partial charge in [0.15, 0.2) is 0 Å². The summed E-state index contributed by atoms with van der Waals surface area (Å²) in [6.07, 6.45) is 4.13. The van der Waals surface area contributed by atoms with Crippen molar-refractivity contribution in [1.29, 1.82) is 0 Å². The van der Waals surface area contributed by atoms with E-state index in [0.29, 0.717) is 30.8 Å². The van der Waals surface area contributed by atoms with Gasteiger partial charge in [0.25, 0.3) is 0 Å². The molecule has 0 saturated carbocycles. The number of aryl methyl sites for hydroxylation is 2. The fourth-order valence-corrected chi connectivity index (χ4v) is 5.93. The van der Waals surface area contributed by atoms with Crippen LogP contribution in [0, 0.1) is 12.8 Å². The molecule has 1 aliphatic rings. The third-order valence-electron chi connectivity index (χ3n) is 6.31. The summed E-state index contributed by atoms with van der Waals surface area (Å²) >= 11 is 0. The molecule has 0 unspecified atom stereocenters. The van der Waals surface area contributed by atoms with Crippen LogP contribution in [0.2, 0.25) is 0 Å². The summed E-state index contributed by atoms with van der Waals surface area (Å²) in [5.41, 5.74) is 3.41. The first-order chi connectivity index (χ1) is 15.4. The molecule has 6 nitrogen and oxygen atoms in total. The molecule has 4 rings (SSSR count). The first-order valence-corrected chi connectivity index (χ1v) is 12.7. The van der Waals surface area contributed by atoms with Gasteiger partial charge in [0.05, 0.1) is 10.8 Å². The molecular weight excluding hydrogens is 422 g/mol. The summed E-state index contributed by atoms with van der Waals surface area (Å²) in [7, 11) is -3.64. The predicted molar refractivity (Wildman–Crippen MR) is 127 cm³/mol. The Hall–Kier alpha value is -2.64. The molecular formula is C25H31N3O3S. The lowest BCUT2D eigenvalue weighted by atomic mass is 9.98. The third kappa shape index (κ3) is 4.74. The number of benzene rings is 2. The number of rotatable bonds is 7. The molecule has 1 aliphatic heterocycles. The Morgan fingerprint density at radius 3 is 2.66 bits per heavy atom. The number of hydrogen-bond acceptors (Lipinski definition) is 3. The van der Waals surface area contributed by atoms with Gasteiger partial charge < -0.3 is 9.88 Å². The third-order valence-corrected chi connectivity index (χ3v) is 8.17. The fourth-order valence-electron chi connectivity index (χ4n) is 4.37. The minimum atomic E-state index is -3.64. The number of nitrogens with one attached hydrogen (secondary N) is 1. The van der Waals surface area contributed by atoms with Crippen LogP contribution in [0.25, 0.3) is 10.9 Å². The number of nitrogens with zero attached hydrogens (tertiary/aromatic N) is 2. The highest BCUT2D eigenvalue weighted by atomic mass is 32.2. The van der Waals surface area contributed by atoms with Gasteiger partial charge in [-0.15, -0.1) is 0 Å². The summed E-state index contributed by atoms with van der Waals surface area (Å²) in [5, 5.41) is 3.91. The van der Waals surface area contributed by atoms with Crippen LogP contribution >= 0.6 is 0 Å². The van der Waals surface area contributed by atoms with Crippen molar-refractivity contribution in [2.24, 2.45) is 5.92 Å². The normalized spacial score (nSPS) is 17.5. The standard InChI is InChI=1S/C25H31N3O3S/c1-3-27-16-13-21-17-23(10-11-24(21)27)32(30,31)28-15-4-5-22(18-28)25(29)26-14-12-20-8-6-19(2)7-9-20/h6-11,13,16-17,22H,3-5,12,14-15,18H2,1-2H3,(H,26,29)/t22-/m1/s1. The fraction of sp³-hybridized carbons (Fsp3) is 0.400. The van der Waals surface area contributed by atoms with Crippen molar-refractivity contribution in [3.63, 3.8) is 0 Å². The van der Waals surface area contributed by atoms with Crippen molar-refractivity contribution in [3.8, 4) is 0 Å². The highest BCUT2D eigenvalue weighted by Gasteiger charge is 2.33. The maximum Gasteiger partial charge on any atom is 0.243 e. The van der Waals surface area contributed by atoms with Crippen LogP contribution < -0.4 is 5.32 Å². The Morgan fingerprint density at radius 1 is 1.12 bits per heavy atom. The van der Waals surface area contributed by atoms with Crippen molar-refractivity contribution in [2.75, 3.05) is 19.6 Å². The number of fused-ring (bicyclic) bond motifs is 1. The highest BCUT2D eigenvalue weighted by molar-refractivity contribution is 7.89. The SMILES string of the molecule is CCn1ccc2cc(S(=O)(=O)N3CCC[C@@H](C(=O)NCCc4ccc(C)cc4)C3)ccc21. The first kappa shape index (κ1) is 22.6. The van der Waals surface area contributed by atoms with E-state index in [1.54, 1.807) is 12.1 Å². The molecule has 0 radical (unpaired) electrons. The van der Waals surface area contributed by atoms with Gasteiger partial charge in [0.2, 0.25) is 15.9 Å². The largest absolute Gasteiger partial charge is 0.355 e. The van der Waals surface area contributed by atoms with E-state index in [2.05, 4.69) is 41.1 Å². The number of sulfonamides is 1. The van der Waals surface area contributed by atoms with Crippen LogP contribution in [0.1, 0.15) is 30.9 Å². The summed E-state index contributed by atoms with van der Waals surface area (Å²) in [5.74, 6) is -0.381. The Labute approximate surface area is 190 Å². The molecule has 1 amide bonds. The summed E-state index contributed by atoms with van der Waals surface area (Å²) in [6, 6.07) is 15.5. The van der Waals surface area contributed by atoms with Gasteiger partial charge in [-0.2, -0.15) is 4.31 Å². The van der Waals surface area contributed by atoms with E-state index in [1.165, 1.54) is 15.4 Å². The summed E-state index contributed by atoms with van der Waals surface area (Å²) in [4.78, 5) is 13.0. The van der Waals surface area contributed by atoms with Crippen molar-refractivity contribution in [1.82, 2.24) is 14.2 Å². The lowest BCUT2D eigenvalue weighted by Crippen LogP contribution is -2.45. The van der Waals surface area contributed by atoms with Crippen LogP contribution in [0.15, 0.2) is 59.6 Å². The van der Waals surface area contributed by atoms with Gasteiger partial charge in [-0.1, -0.05) is 29.8 Å². The second-order valence-electron chi connectivity index (χ2n) is 8.55. The number of carbonyl (C=O) groups excluding carboxylic acids is 1. The molecule has 1 fully saturated rings. The number of piperidine rings is 1. The molecule has 1 atom stereocenters. The molecule has 0 spiro atoms. The molecule has 170 valence electrons. The Kier molecular flexibility index (Phi) is 6.67. The minimum absolute atomic E-state index is 0.0625. The quantitative estimate of drug-likeness (QED) is 0.593. The van der Waals surface area contributed by atoms with Crippen LogP contribution in [0.3, 0.4) is 0 Å². The second kappa shape index (κ2) is 9.46. The van der Waals surface area contributed by atoms with E-state index < -0.39 is 10.0 Å². The van der Waals surface area contributed by atoms with E-state index in [0.717, 1.165) is 23.9 Å². The molecule has 0 aliphatic carbocycles. The first-order valence-electron chi connectivity index (χ1n) is 11.3. The van der Waals surface area contributed by atoms with E-state index in [4.69, 9.17) is 0 Å². The average Bonchev–Trinajstić information content (AvgIpc) is 3.23. The summed E-state index contributed by atoms with van der Waals surface area (Å²) in [6.45, 7) is 6.17. The van der Waals surface area contributed by atoms with Gasteiger partial charge in [-0.05, 0) is 62.9 Å². The molecule has 2 heterocycles. The van der Waals surface area contributed by atoms with Crippen molar-refractivity contribution in [3.05, 3.63) is 65.9 Å². The predicted octanol–water partition coefficient (Wildman–Crippen LogP) is 3.73. The topological polar surface area (TPSA) is 71.4 Å². The van der Waals surface area contributed by atoms with Crippen molar-refractivity contribution >= 4 is 26.8 Å². The number of aromatic nitrogens is 1. The van der Waals surface area contributed by atoms with E-state index in [1.807, 2.05) is 25.3 Å². The molecule has 2 aromatic carbocycles. The summed E-state index contributed by atoms with van der Waals surface area (Å²) < 4.78 is 30.1. The number of hydrogen-bond donors (Lipinski definition) is 1. The molecule has 32 heavy (non-hydrogen) atoms. The maximum absolute atomic E-state index is 13.3. The van der Waals surface area contributed by atoms with Crippen LogP contribution in [-0.4, -0.2) is 42.8 Å². The molecule has 7 heteroatoms. The number of amides is 1. The molecule has 1 saturated heterocycles. The zero-order valence-electron chi connectivity index (χ0n) is 18.8. The number of carbonyl (C=O) groups is 1. The second-order valence-corrected chi connectivity index (χ2v) is 10.5. The lowest BCUT2D eigenvalue weighted by molar-refractivity contribution is -0.126. The van der Waals surface area contributed by atoms with E-state index in [-0.39, 0.29) is 18.4 Å². The zero-order chi connectivity index (χ0) is 22.7. The van der Waals surface area contributed by atoms with Gasteiger partial charge >= 0.3 is 0 Å². The van der Waals surface area contributed by atoms with E-state index in [9.17, 15) is 13.2 Å². The van der Waals surface area contributed by atoms with Crippen molar-refractivity contribution in [2.45, 2.75) is 44.6 Å². The van der Waals surface area contributed by atoms with Crippen LogP contribution in [0.4, 0.5) is 0 Å². The lowest BCUT2D eigenvalue weighted by Gasteiger charge is -2.31. The smallest absolute Gasteiger partial charge is 0.243 e. The Morgan fingerprint density at radius 2 is 1.91 bits per heavy atom. The molecule has 1 aromatic heterocycles. The zero-order valence-corrected chi connectivity index (χ0v) is 19.6. The molecule has 0 bridgehead atoms. The molecule has 3 aromatic rings. The van der Waals surface area contributed by atoms with Gasteiger partial charge in [-0.25, -0.2) is 8.42 Å². The Balaban J connectivity index is 1.40. The van der Waals surface area contributed by atoms with Crippen molar-refractivity contribution < 1.29 is 13.2 Å². The van der Waals surface area contributed by atoms with Crippen LogP contribution in [0.5, 0.6) is 0 Å². The Bertz CT molecular complexity index is 1200. The monoisotopic (exact) mass is 453 g/mol. The van der Waals surface area contributed by atoms with Gasteiger partial charge in [0, 0.05) is 43.3 Å². The van der Waals surface area contributed by atoms with Gasteiger partial charge in [0.1, 0.15) is 0 Å².